The molecule has 0 N–H and O–H groups in total. The highest BCUT2D eigenvalue weighted by Crippen LogP contribution is 2.29. The van der Waals surface area contributed by atoms with Crippen LogP contribution in [0.2, 0.25) is 10.0 Å². The molecule has 0 bridgehead atoms. The van der Waals surface area contributed by atoms with Crippen LogP contribution in [0.25, 0.3) is 0 Å². The smallest absolute Gasteiger partial charge is 0.0750 e. The molecule has 0 unspecified atom stereocenters. The summed E-state index contributed by atoms with van der Waals surface area (Å²) in [6.07, 6.45) is 5.23. The van der Waals surface area contributed by atoms with Crippen molar-refractivity contribution in [2.24, 2.45) is 0 Å². The van der Waals surface area contributed by atoms with Gasteiger partial charge < -0.3 is 0 Å². The average Bonchev–Trinajstić information content (AvgIpc) is 2.08. The molecule has 0 heterocycles. The molecule has 0 atom stereocenters. The van der Waals surface area contributed by atoms with Gasteiger partial charge in [-0.25, -0.2) is 0 Å². The van der Waals surface area contributed by atoms with E-state index in [1.54, 1.807) is 6.07 Å². The van der Waals surface area contributed by atoms with E-state index in [2.05, 4.69) is 5.92 Å². The van der Waals surface area contributed by atoms with Crippen LogP contribution in [0.1, 0.15) is 12.5 Å². The van der Waals surface area contributed by atoms with Crippen LogP contribution in [-0.4, -0.2) is 0 Å². The minimum Gasteiger partial charge on any atom is -0.119 e. The van der Waals surface area contributed by atoms with E-state index in [4.69, 9.17) is 29.6 Å². The molecule has 12 heavy (non-hydrogen) atoms. The Morgan fingerprint density at radius 3 is 2.67 bits per heavy atom. The molecule has 0 saturated carbocycles. The van der Waals surface area contributed by atoms with E-state index >= 15 is 0 Å². The lowest BCUT2D eigenvalue weighted by molar-refractivity contribution is 1.29. The van der Waals surface area contributed by atoms with Gasteiger partial charge in [-0.05, 0) is 18.6 Å². The van der Waals surface area contributed by atoms with Gasteiger partial charge in [-0.2, -0.15) is 0 Å². The van der Waals surface area contributed by atoms with E-state index in [-0.39, 0.29) is 0 Å². The number of benzene rings is 1. The number of hydrogen-bond acceptors (Lipinski definition) is 0. The fourth-order valence-electron chi connectivity index (χ4n) is 0.871. The number of rotatable bonds is 1. The third-order valence-corrected chi connectivity index (χ3v) is 2.39. The van der Waals surface area contributed by atoms with Crippen molar-refractivity contribution in [1.29, 1.82) is 0 Å². The first-order valence-electron chi connectivity index (χ1n) is 3.41. The molecule has 0 aliphatic rings. The molecule has 2 heteroatoms. The zero-order chi connectivity index (χ0) is 9.14. The van der Waals surface area contributed by atoms with Crippen LogP contribution in [0.3, 0.4) is 0 Å². The second kappa shape index (κ2) is 3.85. The summed E-state index contributed by atoms with van der Waals surface area (Å²) in [5.74, 6) is 3.32. The van der Waals surface area contributed by atoms with Gasteiger partial charge in [0, 0.05) is 0 Å². The Kier molecular flexibility index (Phi) is 3.03. The minimum absolute atomic E-state index is 0.523. The second-order valence-corrected chi connectivity index (χ2v) is 3.16. The minimum atomic E-state index is 0.523. The maximum atomic E-state index is 5.92. The van der Waals surface area contributed by atoms with E-state index < -0.39 is 0 Å². The van der Waals surface area contributed by atoms with Crippen LogP contribution in [-0.2, 0) is 0 Å². The third-order valence-electron chi connectivity index (χ3n) is 1.57. The highest BCUT2D eigenvalue weighted by atomic mass is 35.5. The van der Waals surface area contributed by atoms with Gasteiger partial charge in [-0.3, -0.25) is 0 Å². The summed E-state index contributed by atoms with van der Waals surface area (Å²) < 4.78 is 0. The topological polar surface area (TPSA) is 0 Å². The zero-order valence-electron chi connectivity index (χ0n) is 6.57. The molecule has 0 amide bonds. The van der Waals surface area contributed by atoms with Gasteiger partial charge in [0.1, 0.15) is 0 Å². The van der Waals surface area contributed by atoms with Crippen molar-refractivity contribution < 1.29 is 0 Å². The third kappa shape index (κ3) is 1.75. The van der Waals surface area contributed by atoms with E-state index in [1.807, 2.05) is 19.1 Å². The second-order valence-electron chi connectivity index (χ2n) is 2.37. The normalized spacial score (nSPS) is 9.92. The Morgan fingerprint density at radius 2 is 2.08 bits per heavy atom. The molecular formula is C10H7Cl2. The SMILES string of the molecule is C#C[C](C)c1cccc(Cl)c1Cl. The Bertz CT molecular complexity index is 323. The van der Waals surface area contributed by atoms with Crippen LogP contribution < -0.4 is 0 Å². The molecule has 61 valence electrons. The van der Waals surface area contributed by atoms with Gasteiger partial charge in [0.05, 0.1) is 16.0 Å². The molecule has 1 radical (unpaired) electrons. The van der Waals surface area contributed by atoms with Crippen LogP contribution in [0.5, 0.6) is 0 Å². The van der Waals surface area contributed by atoms with Gasteiger partial charge in [-0.15, -0.1) is 6.42 Å². The van der Waals surface area contributed by atoms with Crippen molar-refractivity contribution in [2.75, 3.05) is 0 Å². The van der Waals surface area contributed by atoms with Crippen molar-refractivity contribution in [3.05, 3.63) is 39.7 Å². The molecule has 0 aliphatic heterocycles. The molecule has 0 aliphatic carbocycles. The highest BCUT2D eigenvalue weighted by Gasteiger charge is 2.09. The lowest BCUT2D eigenvalue weighted by atomic mass is 10.0. The first kappa shape index (κ1) is 9.45. The summed E-state index contributed by atoms with van der Waals surface area (Å²) >= 11 is 11.7. The summed E-state index contributed by atoms with van der Waals surface area (Å²) in [5.41, 5.74) is 0.826. The fraction of sp³-hybridized carbons (Fsp3) is 0.100. The highest BCUT2D eigenvalue weighted by molar-refractivity contribution is 6.42. The van der Waals surface area contributed by atoms with Gasteiger partial charge in [0.25, 0.3) is 0 Å². The molecule has 1 aromatic rings. The van der Waals surface area contributed by atoms with Gasteiger partial charge in [0.2, 0.25) is 0 Å². The molecule has 0 spiro atoms. The Hall–Kier alpha value is -0.640. The predicted octanol–water partition coefficient (Wildman–Crippen LogP) is 3.57. The van der Waals surface area contributed by atoms with Crippen LogP contribution in [0.4, 0.5) is 0 Å². The molecule has 1 aromatic carbocycles. The lowest BCUT2D eigenvalue weighted by Gasteiger charge is -2.06. The van der Waals surface area contributed by atoms with E-state index in [1.165, 1.54) is 0 Å². The summed E-state index contributed by atoms with van der Waals surface area (Å²) in [4.78, 5) is 0. The summed E-state index contributed by atoms with van der Waals surface area (Å²) in [6.45, 7) is 1.83. The largest absolute Gasteiger partial charge is 0.119 e. The molecule has 0 aromatic heterocycles. The molecule has 1 rings (SSSR count). The number of terminal acetylenes is 1. The standard InChI is InChI=1S/C10H7Cl2/c1-3-7(2)8-5-4-6-9(11)10(8)12/h1,4-6H,2H3. The summed E-state index contributed by atoms with van der Waals surface area (Å²) in [7, 11) is 0. The van der Waals surface area contributed by atoms with Gasteiger partial charge >= 0.3 is 0 Å². The molecule has 0 saturated heterocycles. The Balaban J connectivity index is 3.18. The van der Waals surface area contributed by atoms with Crippen molar-refractivity contribution in [1.82, 2.24) is 0 Å². The monoisotopic (exact) mass is 197 g/mol. The molecular weight excluding hydrogens is 191 g/mol. The Labute approximate surface area is 82.5 Å². The quantitative estimate of drug-likeness (QED) is 0.605. The first-order valence-corrected chi connectivity index (χ1v) is 4.17. The molecule has 0 fully saturated rings. The molecule has 0 nitrogen and oxygen atoms in total. The maximum Gasteiger partial charge on any atom is 0.0750 e. The van der Waals surface area contributed by atoms with E-state index in [9.17, 15) is 0 Å². The van der Waals surface area contributed by atoms with Crippen molar-refractivity contribution in [3.63, 3.8) is 0 Å². The van der Waals surface area contributed by atoms with Crippen LogP contribution >= 0.6 is 23.2 Å². The maximum absolute atomic E-state index is 5.92. The van der Waals surface area contributed by atoms with Gasteiger partial charge in [-0.1, -0.05) is 41.3 Å². The lowest BCUT2D eigenvalue weighted by Crippen LogP contribution is -1.91. The average molecular weight is 198 g/mol. The van der Waals surface area contributed by atoms with Crippen molar-refractivity contribution in [3.8, 4) is 12.3 Å². The van der Waals surface area contributed by atoms with E-state index in [0.29, 0.717) is 10.0 Å². The van der Waals surface area contributed by atoms with Crippen molar-refractivity contribution >= 4 is 23.2 Å². The predicted molar refractivity (Wildman–Crippen MR) is 53.3 cm³/mol. The van der Waals surface area contributed by atoms with Crippen LogP contribution in [0.15, 0.2) is 18.2 Å². The van der Waals surface area contributed by atoms with E-state index in [0.717, 1.165) is 11.5 Å². The Morgan fingerprint density at radius 1 is 1.42 bits per heavy atom. The number of hydrogen-bond donors (Lipinski definition) is 0. The summed E-state index contributed by atoms with van der Waals surface area (Å²) in [5, 5.41) is 1.05. The van der Waals surface area contributed by atoms with Gasteiger partial charge in [0.15, 0.2) is 0 Å². The van der Waals surface area contributed by atoms with Crippen molar-refractivity contribution in [2.45, 2.75) is 6.92 Å². The zero-order valence-corrected chi connectivity index (χ0v) is 8.08. The fourth-order valence-corrected chi connectivity index (χ4v) is 1.31. The number of halogens is 2. The first-order chi connectivity index (χ1) is 5.66. The van der Waals surface area contributed by atoms with Crippen LogP contribution in [0, 0.1) is 18.3 Å². The summed E-state index contributed by atoms with van der Waals surface area (Å²) in [6, 6.07) is 5.41.